The van der Waals surface area contributed by atoms with Crippen molar-refractivity contribution >= 4 is 5.78 Å². The predicted octanol–water partition coefficient (Wildman–Crippen LogP) is 2.10. The third-order valence-electron chi connectivity index (χ3n) is 2.83. The summed E-state index contributed by atoms with van der Waals surface area (Å²) in [6.45, 7) is 6.22. The summed E-state index contributed by atoms with van der Waals surface area (Å²) in [5.41, 5.74) is 2.30. The first kappa shape index (κ1) is 6.84. The van der Waals surface area contributed by atoms with Crippen LogP contribution in [0.25, 0.3) is 0 Å². The average Bonchev–Trinajstić information content (AvgIpc) is 2.56. The first-order valence-corrected chi connectivity index (χ1v) is 4.05. The molecule has 0 aromatic heterocycles. The second-order valence-electron chi connectivity index (χ2n) is 3.77. The molecule has 58 valence electrons. The van der Waals surface area contributed by atoms with E-state index in [2.05, 4.69) is 19.9 Å². The summed E-state index contributed by atoms with van der Waals surface area (Å²) in [6.07, 6.45) is 3.88. The standard InChI is InChI=1S/C10H12O/c1-6(2)10-5-8(10)7(3)4-9(10)11/h4-6H,1-3H3. The van der Waals surface area contributed by atoms with Crippen LogP contribution in [-0.2, 0) is 4.79 Å². The Morgan fingerprint density at radius 1 is 1.45 bits per heavy atom. The maximum Gasteiger partial charge on any atom is 0.170 e. The fourth-order valence-corrected chi connectivity index (χ4v) is 1.99. The molecule has 2 rings (SSSR count). The number of ketones is 1. The van der Waals surface area contributed by atoms with Gasteiger partial charge in [-0.15, -0.1) is 0 Å². The van der Waals surface area contributed by atoms with Crippen LogP contribution in [0.15, 0.2) is 23.3 Å². The molecule has 11 heavy (non-hydrogen) atoms. The zero-order valence-corrected chi connectivity index (χ0v) is 7.14. The Labute approximate surface area is 66.8 Å². The first-order valence-electron chi connectivity index (χ1n) is 4.05. The van der Waals surface area contributed by atoms with Crippen molar-refractivity contribution in [1.82, 2.24) is 0 Å². The normalized spacial score (nSPS) is 33.6. The van der Waals surface area contributed by atoms with Gasteiger partial charge in [0.2, 0.25) is 0 Å². The van der Waals surface area contributed by atoms with E-state index in [0.717, 1.165) is 0 Å². The maximum absolute atomic E-state index is 11.5. The second kappa shape index (κ2) is 1.66. The highest BCUT2D eigenvalue weighted by molar-refractivity contribution is 6.09. The number of allylic oxidation sites excluding steroid dienone is 4. The van der Waals surface area contributed by atoms with E-state index >= 15 is 0 Å². The summed E-state index contributed by atoms with van der Waals surface area (Å²) in [6, 6.07) is 0. The number of carbonyl (C=O) groups is 1. The van der Waals surface area contributed by atoms with Gasteiger partial charge >= 0.3 is 0 Å². The Morgan fingerprint density at radius 3 is 2.27 bits per heavy atom. The van der Waals surface area contributed by atoms with Gasteiger partial charge in [-0.3, -0.25) is 4.79 Å². The van der Waals surface area contributed by atoms with E-state index in [9.17, 15) is 4.79 Å². The zero-order valence-electron chi connectivity index (χ0n) is 7.14. The summed E-state index contributed by atoms with van der Waals surface area (Å²) in [4.78, 5) is 11.5. The Balaban J connectivity index is 2.37. The highest BCUT2D eigenvalue weighted by Crippen LogP contribution is 2.58. The molecule has 0 radical (unpaired) electrons. The number of hydrogen-bond donors (Lipinski definition) is 0. The lowest BCUT2D eigenvalue weighted by molar-refractivity contribution is -0.119. The van der Waals surface area contributed by atoms with Gasteiger partial charge in [0.1, 0.15) is 0 Å². The van der Waals surface area contributed by atoms with Crippen LogP contribution in [0.4, 0.5) is 0 Å². The largest absolute Gasteiger partial charge is 0.293 e. The van der Waals surface area contributed by atoms with Gasteiger partial charge in [0, 0.05) is 0 Å². The molecule has 1 unspecified atom stereocenters. The molecule has 0 spiro atoms. The SMILES string of the molecule is CC1=CC(=O)C2(C(C)C)C=C12. The number of carbonyl (C=O) groups excluding carboxylic acids is 1. The van der Waals surface area contributed by atoms with Gasteiger partial charge in [-0.05, 0) is 30.1 Å². The van der Waals surface area contributed by atoms with Crippen molar-refractivity contribution in [1.29, 1.82) is 0 Å². The van der Waals surface area contributed by atoms with Gasteiger partial charge in [0.05, 0.1) is 5.41 Å². The summed E-state index contributed by atoms with van der Waals surface area (Å²) in [7, 11) is 0. The van der Waals surface area contributed by atoms with E-state index in [1.54, 1.807) is 6.08 Å². The van der Waals surface area contributed by atoms with Crippen LogP contribution in [0.5, 0.6) is 0 Å². The molecule has 0 heterocycles. The zero-order chi connectivity index (χ0) is 8.22. The van der Waals surface area contributed by atoms with Crippen molar-refractivity contribution in [2.45, 2.75) is 20.8 Å². The molecule has 1 heteroatoms. The van der Waals surface area contributed by atoms with Crippen LogP contribution in [0, 0.1) is 11.3 Å². The Hall–Kier alpha value is -0.850. The van der Waals surface area contributed by atoms with E-state index in [0.29, 0.717) is 11.7 Å². The lowest BCUT2D eigenvalue weighted by Crippen LogP contribution is -2.20. The molecule has 0 fully saturated rings. The van der Waals surface area contributed by atoms with Gasteiger partial charge in [0.15, 0.2) is 5.78 Å². The minimum absolute atomic E-state index is 0.149. The molecule has 0 saturated carbocycles. The molecular formula is C10H12O. The highest BCUT2D eigenvalue weighted by Gasteiger charge is 2.55. The Morgan fingerprint density at radius 2 is 2.09 bits per heavy atom. The van der Waals surface area contributed by atoms with Crippen LogP contribution in [-0.4, -0.2) is 5.78 Å². The smallest absolute Gasteiger partial charge is 0.170 e. The van der Waals surface area contributed by atoms with Crippen molar-refractivity contribution < 1.29 is 4.79 Å². The van der Waals surface area contributed by atoms with E-state index < -0.39 is 0 Å². The van der Waals surface area contributed by atoms with Crippen LogP contribution in [0.1, 0.15) is 20.8 Å². The van der Waals surface area contributed by atoms with Crippen molar-refractivity contribution in [3.63, 3.8) is 0 Å². The van der Waals surface area contributed by atoms with Crippen molar-refractivity contribution in [2.75, 3.05) is 0 Å². The number of hydrogen-bond acceptors (Lipinski definition) is 1. The molecule has 0 aromatic rings. The van der Waals surface area contributed by atoms with E-state index in [1.807, 2.05) is 6.92 Å². The summed E-state index contributed by atoms with van der Waals surface area (Å²) in [5, 5.41) is 0. The molecule has 0 bridgehead atoms. The molecule has 0 aromatic carbocycles. The molecular weight excluding hydrogens is 136 g/mol. The lowest BCUT2D eigenvalue weighted by Gasteiger charge is -2.15. The molecule has 0 saturated heterocycles. The fraction of sp³-hybridized carbons (Fsp3) is 0.500. The summed E-state index contributed by atoms with van der Waals surface area (Å²) >= 11 is 0. The monoisotopic (exact) mass is 148 g/mol. The molecule has 0 aliphatic heterocycles. The van der Waals surface area contributed by atoms with Crippen molar-refractivity contribution in [3.05, 3.63) is 23.3 Å². The van der Waals surface area contributed by atoms with Crippen molar-refractivity contribution in [3.8, 4) is 0 Å². The predicted molar refractivity (Wildman–Crippen MR) is 44.1 cm³/mol. The minimum Gasteiger partial charge on any atom is -0.293 e. The van der Waals surface area contributed by atoms with Gasteiger partial charge in [-0.1, -0.05) is 19.9 Å². The van der Waals surface area contributed by atoms with Crippen molar-refractivity contribution in [2.24, 2.45) is 11.3 Å². The van der Waals surface area contributed by atoms with Crippen LogP contribution in [0.3, 0.4) is 0 Å². The molecule has 1 nitrogen and oxygen atoms in total. The number of fused-ring (bicyclic) bond motifs is 1. The van der Waals surface area contributed by atoms with Crippen LogP contribution >= 0.6 is 0 Å². The third-order valence-corrected chi connectivity index (χ3v) is 2.83. The second-order valence-corrected chi connectivity index (χ2v) is 3.77. The maximum atomic E-state index is 11.5. The Bertz CT molecular complexity index is 290. The van der Waals surface area contributed by atoms with Gasteiger partial charge < -0.3 is 0 Å². The molecule has 1 atom stereocenters. The van der Waals surface area contributed by atoms with Crippen LogP contribution < -0.4 is 0 Å². The highest BCUT2D eigenvalue weighted by atomic mass is 16.1. The quantitative estimate of drug-likeness (QED) is 0.556. The topological polar surface area (TPSA) is 17.1 Å². The average molecular weight is 148 g/mol. The molecule has 2 aliphatic carbocycles. The van der Waals surface area contributed by atoms with Gasteiger partial charge in [-0.2, -0.15) is 0 Å². The Kier molecular flexibility index (Phi) is 1.03. The van der Waals surface area contributed by atoms with E-state index in [4.69, 9.17) is 0 Å². The van der Waals surface area contributed by atoms with Gasteiger partial charge in [-0.25, -0.2) is 0 Å². The molecule has 0 N–H and O–H groups in total. The number of rotatable bonds is 1. The molecule has 2 aliphatic rings. The van der Waals surface area contributed by atoms with Crippen LogP contribution in [0.2, 0.25) is 0 Å². The molecule has 0 amide bonds. The minimum atomic E-state index is -0.149. The summed E-state index contributed by atoms with van der Waals surface area (Å²) in [5.74, 6) is 0.721. The first-order chi connectivity index (χ1) is 5.09. The van der Waals surface area contributed by atoms with E-state index in [1.165, 1.54) is 11.1 Å². The lowest BCUT2D eigenvalue weighted by atomic mass is 9.86. The fourth-order valence-electron chi connectivity index (χ4n) is 1.99. The van der Waals surface area contributed by atoms with Gasteiger partial charge in [0.25, 0.3) is 0 Å². The summed E-state index contributed by atoms with van der Waals surface area (Å²) < 4.78 is 0. The van der Waals surface area contributed by atoms with E-state index in [-0.39, 0.29) is 5.41 Å². The third kappa shape index (κ3) is 0.590.